The number of hydrogen-bond donors (Lipinski definition) is 0. The lowest BCUT2D eigenvalue weighted by Crippen LogP contribution is -2.30. The average Bonchev–Trinajstić information content (AvgIpc) is 2.63. The first-order valence-electron chi connectivity index (χ1n) is 8.00. The van der Waals surface area contributed by atoms with Crippen LogP contribution in [0.4, 0.5) is 0 Å². The van der Waals surface area contributed by atoms with E-state index in [-0.39, 0.29) is 17.1 Å². The van der Waals surface area contributed by atoms with Crippen LogP contribution in [0.5, 0.6) is 0 Å². The molecule has 0 fully saturated rings. The molecule has 0 aliphatic carbocycles. The first-order valence-corrected chi connectivity index (χ1v) is 10.2. The molecule has 2 rings (SSSR count). The standard InChI is InChI=1S/C18H19Cl2NO4S/c1-3-21(4-2)26(23,24)15-7-5-6-14(11-15)18(22)25-12-13-8-9-16(19)17(20)10-13/h5-11H,3-4,12H2,1-2H3. The van der Waals surface area contributed by atoms with E-state index < -0.39 is 16.0 Å². The molecular weight excluding hydrogens is 397 g/mol. The Morgan fingerprint density at radius 3 is 2.35 bits per heavy atom. The largest absolute Gasteiger partial charge is 0.457 e. The van der Waals surface area contributed by atoms with Crippen LogP contribution in [-0.2, 0) is 21.4 Å². The molecule has 0 bridgehead atoms. The minimum atomic E-state index is -3.64. The Bertz CT molecular complexity index is 896. The van der Waals surface area contributed by atoms with Crippen LogP contribution in [0.25, 0.3) is 0 Å². The fourth-order valence-corrected chi connectivity index (χ4v) is 4.18. The summed E-state index contributed by atoms with van der Waals surface area (Å²) >= 11 is 11.8. The number of sulfonamides is 1. The van der Waals surface area contributed by atoms with Crippen molar-refractivity contribution in [3.05, 3.63) is 63.6 Å². The maximum absolute atomic E-state index is 12.6. The van der Waals surface area contributed by atoms with Gasteiger partial charge in [-0.25, -0.2) is 13.2 Å². The highest BCUT2D eigenvalue weighted by Gasteiger charge is 2.22. The summed E-state index contributed by atoms with van der Waals surface area (Å²) in [5.74, 6) is -0.618. The lowest BCUT2D eigenvalue weighted by Gasteiger charge is -2.18. The van der Waals surface area contributed by atoms with Gasteiger partial charge in [0.1, 0.15) is 6.61 Å². The summed E-state index contributed by atoms with van der Waals surface area (Å²) in [7, 11) is -3.64. The van der Waals surface area contributed by atoms with Crippen molar-refractivity contribution in [2.45, 2.75) is 25.3 Å². The highest BCUT2D eigenvalue weighted by molar-refractivity contribution is 7.89. The first kappa shape index (κ1) is 20.7. The molecule has 0 saturated heterocycles. The zero-order valence-corrected chi connectivity index (χ0v) is 16.7. The van der Waals surface area contributed by atoms with Crippen molar-refractivity contribution in [3.8, 4) is 0 Å². The minimum absolute atomic E-state index is 0.00272. The van der Waals surface area contributed by atoms with Gasteiger partial charge in [0.15, 0.2) is 0 Å². The quantitative estimate of drug-likeness (QED) is 0.629. The summed E-state index contributed by atoms with van der Waals surface area (Å²) in [6.07, 6.45) is 0. The molecule has 26 heavy (non-hydrogen) atoms. The van der Waals surface area contributed by atoms with Crippen molar-refractivity contribution in [1.82, 2.24) is 4.31 Å². The summed E-state index contributed by atoms with van der Waals surface area (Å²) in [6.45, 7) is 4.23. The molecule has 0 atom stereocenters. The van der Waals surface area contributed by atoms with Crippen LogP contribution < -0.4 is 0 Å². The SMILES string of the molecule is CCN(CC)S(=O)(=O)c1cccc(C(=O)OCc2ccc(Cl)c(Cl)c2)c1. The second kappa shape index (κ2) is 8.86. The van der Waals surface area contributed by atoms with Crippen molar-refractivity contribution < 1.29 is 17.9 Å². The van der Waals surface area contributed by atoms with Gasteiger partial charge < -0.3 is 4.74 Å². The highest BCUT2D eigenvalue weighted by Crippen LogP contribution is 2.23. The fraction of sp³-hybridized carbons (Fsp3) is 0.278. The van der Waals surface area contributed by atoms with E-state index in [1.807, 2.05) is 0 Å². The van der Waals surface area contributed by atoms with Gasteiger partial charge in [0.25, 0.3) is 0 Å². The molecule has 0 radical (unpaired) electrons. The fourth-order valence-electron chi connectivity index (χ4n) is 2.36. The van der Waals surface area contributed by atoms with Crippen LogP contribution in [0.15, 0.2) is 47.4 Å². The zero-order valence-electron chi connectivity index (χ0n) is 14.4. The first-order chi connectivity index (χ1) is 12.3. The van der Waals surface area contributed by atoms with Crippen LogP contribution in [0, 0.1) is 0 Å². The van der Waals surface area contributed by atoms with E-state index in [0.29, 0.717) is 28.7 Å². The zero-order chi connectivity index (χ0) is 19.3. The Labute approximate surface area is 163 Å². The molecule has 0 unspecified atom stereocenters. The Kier molecular flexibility index (Phi) is 7.06. The highest BCUT2D eigenvalue weighted by atomic mass is 35.5. The normalized spacial score (nSPS) is 11.6. The number of rotatable bonds is 7. The lowest BCUT2D eigenvalue weighted by molar-refractivity contribution is 0.0472. The van der Waals surface area contributed by atoms with Gasteiger partial charge in [0, 0.05) is 13.1 Å². The second-order valence-corrected chi connectivity index (χ2v) is 8.19. The number of ether oxygens (including phenoxy) is 1. The molecule has 2 aromatic carbocycles. The minimum Gasteiger partial charge on any atom is -0.457 e. The molecule has 8 heteroatoms. The Morgan fingerprint density at radius 2 is 1.73 bits per heavy atom. The number of benzene rings is 2. The number of halogens is 2. The van der Waals surface area contributed by atoms with E-state index in [2.05, 4.69) is 0 Å². The monoisotopic (exact) mass is 415 g/mol. The summed E-state index contributed by atoms with van der Waals surface area (Å²) in [5.41, 5.74) is 0.845. The molecule has 0 aromatic heterocycles. The van der Waals surface area contributed by atoms with Crippen molar-refractivity contribution >= 4 is 39.2 Å². The van der Waals surface area contributed by atoms with Crippen LogP contribution >= 0.6 is 23.2 Å². The van der Waals surface area contributed by atoms with Crippen LogP contribution in [-0.4, -0.2) is 31.8 Å². The van der Waals surface area contributed by atoms with E-state index in [9.17, 15) is 13.2 Å². The number of carbonyl (C=O) groups excluding carboxylic acids is 1. The maximum Gasteiger partial charge on any atom is 0.338 e. The van der Waals surface area contributed by atoms with Crippen molar-refractivity contribution in [2.24, 2.45) is 0 Å². The van der Waals surface area contributed by atoms with Gasteiger partial charge >= 0.3 is 5.97 Å². The smallest absolute Gasteiger partial charge is 0.338 e. The Balaban J connectivity index is 2.16. The predicted molar refractivity (Wildman–Crippen MR) is 102 cm³/mol. The molecule has 0 spiro atoms. The molecule has 0 amide bonds. The van der Waals surface area contributed by atoms with E-state index in [4.69, 9.17) is 27.9 Å². The van der Waals surface area contributed by atoms with E-state index in [0.717, 1.165) is 0 Å². The summed E-state index contributed by atoms with van der Waals surface area (Å²) < 4.78 is 31.7. The summed E-state index contributed by atoms with van der Waals surface area (Å²) in [6, 6.07) is 10.7. The van der Waals surface area contributed by atoms with Gasteiger partial charge in [0.2, 0.25) is 10.0 Å². The molecule has 0 aliphatic rings. The molecule has 5 nitrogen and oxygen atoms in total. The Hall–Kier alpha value is -1.60. The molecule has 2 aromatic rings. The number of nitrogens with zero attached hydrogens (tertiary/aromatic N) is 1. The van der Waals surface area contributed by atoms with Crippen molar-refractivity contribution in [2.75, 3.05) is 13.1 Å². The maximum atomic E-state index is 12.6. The van der Waals surface area contributed by atoms with Gasteiger partial charge in [-0.05, 0) is 35.9 Å². The predicted octanol–water partition coefficient (Wildman–Crippen LogP) is 4.38. The van der Waals surface area contributed by atoms with Gasteiger partial charge in [-0.2, -0.15) is 4.31 Å². The third kappa shape index (κ3) is 4.76. The van der Waals surface area contributed by atoms with Crippen LogP contribution in [0.3, 0.4) is 0 Å². The van der Waals surface area contributed by atoms with Gasteiger partial charge in [-0.1, -0.05) is 49.2 Å². The van der Waals surface area contributed by atoms with E-state index in [1.54, 1.807) is 32.0 Å². The molecule has 0 N–H and O–H groups in total. The molecular formula is C18H19Cl2NO4S. The lowest BCUT2D eigenvalue weighted by atomic mass is 10.2. The third-order valence-corrected chi connectivity index (χ3v) is 6.55. The van der Waals surface area contributed by atoms with Crippen molar-refractivity contribution in [3.63, 3.8) is 0 Å². The number of hydrogen-bond acceptors (Lipinski definition) is 4. The van der Waals surface area contributed by atoms with Gasteiger partial charge in [-0.3, -0.25) is 0 Å². The van der Waals surface area contributed by atoms with E-state index in [1.165, 1.54) is 28.6 Å². The van der Waals surface area contributed by atoms with E-state index >= 15 is 0 Å². The number of carbonyl (C=O) groups is 1. The van der Waals surface area contributed by atoms with Crippen LogP contribution in [0.2, 0.25) is 10.0 Å². The Morgan fingerprint density at radius 1 is 1.04 bits per heavy atom. The summed E-state index contributed by atoms with van der Waals surface area (Å²) in [5, 5.41) is 0.781. The van der Waals surface area contributed by atoms with Crippen LogP contribution in [0.1, 0.15) is 29.8 Å². The van der Waals surface area contributed by atoms with Crippen molar-refractivity contribution in [1.29, 1.82) is 0 Å². The molecule has 140 valence electrons. The molecule has 0 heterocycles. The third-order valence-electron chi connectivity index (χ3n) is 3.77. The number of esters is 1. The topological polar surface area (TPSA) is 63.7 Å². The average molecular weight is 416 g/mol. The summed E-state index contributed by atoms with van der Waals surface area (Å²) in [4.78, 5) is 12.3. The molecule has 0 aliphatic heterocycles. The van der Waals surface area contributed by atoms with Gasteiger partial charge in [0.05, 0.1) is 20.5 Å². The van der Waals surface area contributed by atoms with Gasteiger partial charge in [-0.15, -0.1) is 0 Å². The molecule has 0 saturated carbocycles. The second-order valence-electron chi connectivity index (χ2n) is 5.44.